The van der Waals surface area contributed by atoms with Crippen molar-refractivity contribution in [3.05, 3.63) is 29.5 Å². The molecule has 0 saturated heterocycles. The summed E-state index contributed by atoms with van der Waals surface area (Å²) in [4.78, 5) is 38.8. The third-order valence-electron chi connectivity index (χ3n) is 3.77. The second kappa shape index (κ2) is 9.70. The molecule has 0 aliphatic heterocycles. The monoisotopic (exact) mass is 405 g/mol. The van der Waals surface area contributed by atoms with E-state index < -0.39 is 11.9 Å². The minimum Gasteiger partial charge on any atom is -0.481 e. The minimum atomic E-state index is -0.819. The van der Waals surface area contributed by atoms with Gasteiger partial charge < -0.3 is 21.5 Å². The highest BCUT2D eigenvalue weighted by molar-refractivity contribution is 7.19. The van der Waals surface area contributed by atoms with Gasteiger partial charge in [0.05, 0.1) is 16.9 Å². The Hall–Kier alpha value is -3.14. The number of nitrogen functional groups attached to an aromatic ring is 1. The number of aromatic nitrogens is 1. The lowest BCUT2D eigenvalue weighted by molar-refractivity contribution is -0.137. The maximum Gasteiger partial charge on any atom is 0.303 e. The first-order valence-corrected chi connectivity index (χ1v) is 9.49. The summed E-state index contributed by atoms with van der Waals surface area (Å²) >= 11 is 1.17. The van der Waals surface area contributed by atoms with Crippen LogP contribution in [0.25, 0.3) is 0 Å². The van der Waals surface area contributed by atoms with Crippen LogP contribution in [0.2, 0.25) is 0 Å². The predicted octanol–water partition coefficient (Wildman–Crippen LogP) is 2.91. The molecular formula is C18H23N5O4S. The van der Waals surface area contributed by atoms with Crippen molar-refractivity contribution in [3.63, 3.8) is 0 Å². The van der Waals surface area contributed by atoms with Crippen LogP contribution < -0.4 is 21.7 Å². The van der Waals surface area contributed by atoms with Crippen LogP contribution in [0.3, 0.4) is 0 Å². The molecule has 0 saturated carbocycles. The number of carbonyl (C=O) groups is 3. The molecular weight excluding hydrogens is 382 g/mol. The molecule has 0 aliphatic rings. The fourth-order valence-electron chi connectivity index (χ4n) is 2.41. The van der Waals surface area contributed by atoms with Crippen molar-refractivity contribution < 1.29 is 19.5 Å². The molecule has 9 nitrogen and oxygen atoms in total. The number of nitrogens with two attached hydrogens (primary N) is 1. The summed E-state index contributed by atoms with van der Waals surface area (Å²) in [6.45, 7) is 3.69. The minimum absolute atomic E-state index is 0.124. The number of thiazole rings is 1. The van der Waals surface area contributed by atoms with E-state index >= 15 is 0 Å². The quantitative estimate of drug-likeness (QED) is 0.403. The van der Waals surface area contributed by atoms with Crippen molar-refractivity contribution in [1.29, 1.82) is 0 Å². The van der Waals surface area contributed by atoms with Gasteiger partial charge in [0.25, 0.3) is 5.91 Å². The molecule has 0 atom stereocenters. The van der Waals surface area contributed by atoms with E-state index in [0.717, 1.165) is 0 Å². The molecule has 1 aromatic carbocycles. The molecule has 0 spiro atoms. The number of carbonyl (C=O) groups excluding carboxylic acids is 2. The SMILES string of the molecule is CC(=O)Nc1cc(NCCCCC(=O)O)ccc1C(=O)Nc1nc(C)c(N)s1. The summed E-state index contributed by atoms with van der Waals surface area (Å²) < 4.78 is 0. The average molecular weight is 405 g/mol. The molecule has 0 bridgehead atoms. The average Bonchev–Trinajstić information content (AvgIpc) is 2.91. The molecule has 1 heterocycles. The number of hydrogen-bond acceptors (Lipinski definition) is 7. The number of nitrogens with zero attached hydrogens (tertiary/aromatic N) is 1. The van der Waals surface area contributed by atoms with Gasteiger partial charge in [0.2, 0.25) is 5.91 Å². The summed E-state index contributed by atoms with van der Waals surface area (Å²) in [5.41, 5.74) is 7.77. The highest BCUT2D eigenvalue weighted by Crippen LogP contribution is 2.27. The van der Waals surface area contributed by atoms with Crippen molar-refractivity contribution in [2.24, 2.45) is 0 Å². The summed E-state index contributed by atoms with van der Waals surface area (Å²) in [5.74, 6) is -1.53. The third-order valence-corrected chi connectivity index (χ3v) is 4.68. The zero-order chi connectivity index (χ0) is 20.7. The largest absolute Gasteiger partial charge is 0.481 e. The highest BCUT2D eigenvalue weighted by atomic mass is 32.1. The van der Waals surface area contributed by atoms with Crippen LogP contribution in [-0.4, -0.2) is 34.4 Å². The van der Waals surface area contributed by atoms with Crippen molar-refractivity contribution in [3.8, 4) is 0 Å². The third kappa shape index (κ3) is 6.23. The Morgan fingerprint density at radius 2 is 1.96 bits per heavy atom. The number of rotatable bonds is 9. The molecule has 0 aliphatic carbocycles. The van der Waals surface area contributed by atoms with E-state index in [4.69, 9.17) is 10.8 Å². The van der Waals surface area contributed by atoms with Gasteiger partial charge in [0.1, 0.15) is 5.00 Å². The Morgan fingerprint density at radius 3 is 2.57 bits per heavy atom. The van der Waals surface area contributed by atoms with Crippen LogP contribution in [0.4, 0.5) is 21.5 Å². The van der Waals surface area contributed by atoms with Gasteiger partial charge in [0, 0.05) is 25.6 Å². The van der Waals surface area contributed by atoms with E-state index in [9.17, 15) is 14.4 Å². The second-order valence-corrected chi connectivity index (χ2v) is 7.17. The fraction of sp³-hybridized carbons (Fsp3) is 0.333. The molecule has 28 heavy (non-hydrogen) atoms. The van der Waals surface area contributed by atoms with Crippen molar-refractivity contribution in [2.75, 3.05) is 28.2 Å². The summed E-state index contributed by atoms with van der Waals surface area (Å²) in [7, 11) is 0. The van der Waals surface area contributed by atoms with Gasteiger partial charge in [-0.1, -0.05) is 11.3 Å². The van der Waals surface area contributed by atoms with E-state index in [1.165, 1.54) is 18.3 Å². The first kappa shape index (κ1) is 21.2. The highest BCUT2D eigenvalue weighted by Gasteiger charge is 2.16. The first-order chi connectivity index (χ1) is 13.3. The lowest BCUT2D eigenvalue weighted by Crippen LogP contribution is -2.17. The number of aliphatic carboxylic acids is 1. The van der Waals surface area contributed by atoms with Gasteiger partial charge in [-0.15, -0.1) is 0 Å². The molecule has 2 rings (SSSR count). The number of amides is 2. The number of anilines is 4. The number of carboxylic acids is 1. The van der Waals surface area contributed by atoms with Gasteiger partial charge >= 0.3 is 5.97 Å². The molecule has 1 aromatic heterocycles. The van der Waals surface area contributed by atoms with E-state index in [1.54, 1.807) is 25.1 Å². The molecule has 150 valence electrons. The van der Waals surface area contributed by atoms with Gasteiger partial charge in [-0.3, -0.25) is 19.7 Å². The number of unbranched alkanes of at least 4 members (excludes halogenated alkanes) is 1. The van der Waals surface area contributed by atoms with Crippen LogP contribution in [0.15, 0.2) is 18.2 Å². The Balaban J connectivity index is 2.08. The predicted molar refractivity (Wildman–Crippen MR) is 110 cm³/mol. The standard InChI is InChI=1S/C18H23N5O4S/c1-10-16(19)28-18(21-10)23-17(27)13-7-6-12(9-14(13)22-11(2)24)20-8-4-3-5-15(25)26/h6-7,9,20H,3-5,8,19H2,1-2H3,(H,22,24)(H,25,26)(H,21,23,27). The van der Waals surface area contributed by atoms with Gasteiger partial charge in [-0.25, -0.2) is 4.98 Å². The summed E-state index contributed by atoms with van der Waals surface area (Å²) in [6.07, 6.45) is 1.38. The lowest BCUT2D eigenvalue weighted by Gasteiger charge is -2.13. The number of nitrogens with one attached hydrogen (secondary N) is 3. The molecule has 0 fully saturated rings. The van der Waals surface area contributed by atoms with Crippen LogP contribution in [-0.2, 0) is 9.59 Å². The van der Waals surface area contributed by atoms with E-state index in [2.05, 4.69) is 20.9 Å². The van der Waals surface area contributed by atoms with E-state index in [1.807, 2.05) is 0 Å². The van der Waals surface area contributed by atoms with Crippen LogP contribution >= 0.6 is 11.3 Å². The second-order valence-electron chi connectivity index (χ2n) is 6.14. The Morgan fingerprint density at radius 1 is 1.21 bits per heavy atom. The molecule has 6 N–H and O–H groups in total. The normalized spacial score (nSPS) is 10.4. The Bertz CT molecular complexity index is 861. The molecule has 2 aromatic rings. The first-order valence-electron chi connectivity index (χ1n) is 8.68. The smallest absolute Gasteiger partial charge is 0.303 e. The van der Waals surface area contributed by atoms with Gasteiger partial charge in [-0.2, -0.15) is 0 Å². The lowest BCUT2D eigenvalue weighted by atomic mass is 10.1. The van der Waals surface area contributed by atoms with E-state index in [-0.39, 0.29) is 17.9 Å². The molecule has 0 unspecified atom stereocenters. The summed E-state index contributed by atoms with van der Waals surface area (Å²) in [5, 5.41) is 18.1. The molecule has 10 heteroatoms. The maximum atomic E-state index is 12.6. The maximum absolute atomic E-state index is 12.6. The number of carboxylic acid groups (broad SMARTS) is 1. The zero-order valence-electron chi connectivity index (χ0n) is 15.7. The van der Waals surface area contributed by atoms with Crippen molar-refractivity contribution in [1.82, 2.24) is 4.98 Å². The van der Waals surface area contributed by atoms with E-state index in [0.29, 0.717) is 46.6 Å². The number of benzene rings is 1. The van der Waals surface area contributed by atoms with Crippen molar-refractivity contribution in [2.45, 2.75) is 33.1 Å². The number of hydrogen-bond donors (Lipinski definition) is 5. The Labute approximate surface area is 166 Å². The Kier molecular flexibility index (Phi) is 7.33. The van der Waals surface area contributed by atoms with Crippen LogP contribution in [0, 0.1) is 6.92 Å². The summed E-state index contributed by atoms with van der Waals surface area (Å²) in [6, 6.07) is 4.98. The van der Waals surface area contributed by atoms with Gasteiger partial charge in [0.15, 0.2) is 5.13 Å². The van der Waals surface area contributed by atoms with Gasteiger partial charge in [-0.05, 0) is 38.0 Å². The number of aryl methyl sites for hydroxylation is 1. The molecule has 2 amide bonds. The van der Waals surface area contributed by atoms with Crippen LogP contribution in [0.1, 0.15) is 42.2 Å². The van der Waals surface area contributed by atoms with Crippen molar-refractivity contribution >= 4 is 50.6 Å². The van der Waals surface area contributed by atoms with Crippen LogP contribution in [0.5, 0.6) is 0 Å². The topological polar surface area (TPSA) is 146 Å². The molecule has 0 radical (unpaired) electrons. The fourth-order valence-corrected chi connectivity index (χ4v) is 3.13. The zero-order valence-corrected chi connectivity index (χ0v) is 16.5.